The molecule has 1 saturated heterocycles. The highest BCUT2D eigenvalue weighted by atomic mass is 35.5. The molecule has 0 radical (unpaired) electrons. The summed E-state index contributed by atoms with van der Waals surface area (Å²) in [6.45, 7) is 2.21. The third-order valence-corrected chi connectivity index (χ3v) is 4.12. The normalized spacial score (nSPS) is 16.1. The highest BCUT2D eigenvalue weighted by Crippen LogP contribution is 2.28. The Hall–Kier alpha value is -1.05. The van der Waals surface area contributed by atoms with E-state index >= 15 is 0 Å². The minimum atomic E-state index is -0.546. The molecule has 0 aliphatic carbocycles. The van der Waals surface area contributed by atoms with E-state index in [0.29, 0.717) is 42.9 Å². The van der Waals surface area contributed by atoms with Gasteiger partial charge in [0.2, 0.25) is 5.91 Å². The number of ether oxygens (including phenoxy) is 3. The zero-order valence-corrected chi connectivity index (χ0v) is 15.2. The lowest BCUT2D eigenvalue weighted by Gasteiger charge is -2.26. The fourth-order valence-electron chi connectivity index (χ4n) is 2.45. The van der Waals surface area contributed by atoms with Crippen molar-refractivity contribution in [3.05, 3.63) is 23.2 Å². The van der Waals surface area contributed by atoms with Gasteiger partial charge in [-0.3, -0.25) is 4.79 Å². The maximum atomic E-state index is 12.3. The molecule has 1 amide bonds. The topological polar surface area (TPSA) is 82.8 Å². The van der Waals surface area contributed by atoms with Crippen LogP contribution in [0.1, 0.15) is 12.8 Å². The molecule has 1 atom stereocenters. The second-order valence-corrected chi connectivity index (χ2v) is 5.86. The number of benzene rings is 1. The Kier molecular flexibility index (Phi) is 9.39. The van der Waals surface area contributed by atoms with Crippen molar-refractivity contribution in [1.82, 2.24) is 0 Å². The average molecular weight is 379 g/mol. The number of nitrogens with one attached hydrogen (secondary N) is 1. The van der Waals surface area contributed by atoms with Gasteiger partial charge in [0.05, 0.1) is 17.7 Å². The number of carbonyl (C=O) groups excluding carboxylic acids is 1. The number of amides is 1. The van der Waals surface area contributed by atoms with E-state index in [1.54, 1.807) is 25.3 Å². The molecule has 1 aliphatic rings. The molecule has 24 heavy (non-hydrogen) atoms. The fourth-order valence-corrected chi connectivity index (χ4v) is 2.68. The average Bonchev–Trinajstić information content (AvgIpc) is 2.57. The maximum absolute atomic E-state index is 12.3. The summed E-state index contributed by atoms with van der Waals surface area (Å²) >= 11 is 6.16. The van der Waals surface area contributed by atoms with Crippen LogP contribution in [0.2, 0.25) is 5.02 Å². The molecule has 1 aromatic carbocycles. The van der Waals surface area contributed by atoms with Gasteiger partial charge in [-0.2, -0.15) is 0 Å². The standard InChI is InChI=1S/C16H23ClN2O4.ClH/c1-21-8-9-23-14-3-2-12(10-13(14)17)19-16(20)15(18)11-4-6-22-7-5-11;/h2-3,10-11,15H,4-9,18H2,1H3,(H,19,20);1H. The van der Waals surface area contributed by atoms with E-state index in [2.05, 4.69) is 5.32 Å². The molecule has 0 bridgehead atoms. The Morgan fingerprint density at radius 3 is 2.75 bits per heavy atom. The second-order valence-electron chi connectivity index (χ2n) is 5.45. The summed E-state index contributed by atoms with van der Waals surface area (Å²) in [6, 6.07) is 4.56. The first-order valence-electron chi connectivity index (χ1n) is 7.67. The number of anilines is 1. The maximum Gasteiger partial charge on any atom is 0.241 e. The summed E-state index contributed by atoms with van der Waals surface area (Å²) < 4.78 is 15.7. The summed E-state index contributed by atoms with van der Waals surface area (Å²) in [5, 5.41) is 3.23. The molecule has 1 heterocycles. The second kappa shape index (κ2) is 10.7. The number of hydrogen-bond acceptors (Lipinski definition) is 5. The molecule has 1 aromatic rings. The van der Waals surface area contributed by atoms with Gasteiger partial charge in [0, 0.05) is 26.0 Å². The van der Waals surface area contributed by atoms with Crippen molar-refractivity contribution in [2.75, 3.05) is 38.9 Å². The molecule has 1 aliphatic heterocycles. The van der Waals surface area contributed by atoms with Gasteiger partial charge in [-0.25, -0.2) is 0 Å². The third kappa shape index (κ3) is 6.11. The molecule has 1 fully saturated rings. The zero-order valence-electron chi connectivity index (χ0n) is 13.6. The Bertz CT molecular complexity index is 525. The summed E-state index contributed by atoms with van der Waals surface area (Å²) in [6.07, 6.45) is 1.61. The molecule has 0 aromatic heterocycles. The SMILES string of the molecule is COCCOc1ccc(NC(=O)C(N)C2CCOCC2)cc1Cl.Cl. The molecule has 2 rings (SSSR count). The molecule has 8 heteroatoms. The summed E-state index contributed by atoms with van der Waals surface area (Å²) in [4.78, 5) is 12.3. The molecule has 0 saturated carbocycles. The smallest absolute Gasteiger partial charge is 0.241 e. The van der Waals surface area contributed by atoms with Crippen molar-refractivity contribution >= 4 is 35.6 Å². The lowest BCUT2D eigenvalue weighted by molar-refractivity contribution is -0.119. The predicted octanol–water partition coefficient (Wildman–Crippen LogP) is 2.48. The van der Waals surface area contributed by atoms with Crippen molar-refractivity contribution in [2.45, 2.75) is 18.9 Å². The van der Waals surface area contributed by atoms with Gasteiger partial charge in [0.15, 0.2) is 0 Å². The first kappa shape index (κ1) is 21.0. The summed E-state index contributed by atoms with van der Waals surface area (Å²) in [5.74, 6) is 0.493. The van der Waals surface area contributed by atoms with E-state index < -0.39 is 6.04 Å². The van der Waals surface area contributed by atoms with Gasteiger partial charge in [-0.15, -0.1) is 12.4 Å². The number of halogens is 2. The summed E-state index contributed by atoms with van der Waals surface area (Å²) in [7, 11) is 1.60. The quantitative estimate of drug-likeness (QED) is 0.712. The minimum absolute atomic E-state index is 0. The lowest BCUT2D eigenvalue weighted by atomic mass is 9.92. The Morgan fingerprint density at radius 2 is 2.12 bits per heavy atom. The monoisotopic (exact) mass is 378 g/mol. The number of carbonyl (C=O) groups is 1. The molecule has 0 spiro atoms. The van der Waals surface area contributed by atoms with E-state index in [4.69, 9.17) is 31.5 Å². The molecule has 6 nitrogen and oxygen atoms in total. The predicted molar refractivity (Wildman–Crippen MR) is 96.2 cm³/mol. The van der Waals surface area contributed by atoms with Gasteiger partial charge in [-0.1, -0.05) is 11.6 Å². The van der Waals surface area contributed by atoms with Crippen molar-refractivity contribution in [1.29, 1.82) is 0 Å². The van der Waals surface area contributed by atoms with Gasteiger partial charge >= 0.3 is 0 Å². The van der Waals surface area contributed by atoms with Crippen LogP contribution in [0.4, 0.5) is 5.69 Å². The van der Waals surface area contributed by atoms with Gasteiger partial charge in [-0.05, 0) is 37.0 Å². The van der Waals surface area contributed by atoms with Crippen LogP contribution in [0.5, 0.6) is 5.75 Å². The van der Waals surface area contributed by atoms with Crippen LogP contribution in [0.3, 0.4) is 0 Å². The van der Waals surface area contributed by atoms with Crippen molar-refractivity contribution in [2.24, 2.45) is 11.7 Å². The van der Waals surface area contributed by atoms with Crippen LogP contribution in [-0.2, 0) is 14.3 Å². The number of methoxy groups -OCH3 is 1. The van der Waals surface area contributed by atoms with Crippen molar-refractivity contribution in [3.8, 4) is 5.75 Å². The van der Waals surface area contributed by atoms with Gasteiger partial charge < -0.3 is 25.3 Å². The molecular formula is C16H24Cl2N2O4. The number of nitrogens with two attached hydrogens (primary N) is 1. The van der Waals surface area contributed by atoms with Crippen LogP contribution in [0.25, 0.3) is 0 Å². The molecule has 136 valence electrons. The molecule has 3 N–H and O–H groups in total. The lowest BCUT2D eigenvalue weighted by Crippen LogP contribution is -2.44. The Balaban J connectivity index is 0.00000288. The minimum Gasteiger partial charge on any atom is -0.490 e. The van der Waals surface area contributed by atoms with Crippen molar-refractivity contribution in [3.63, 3.8) is 0 Å². The summed E-state index contributed by atoms with van der Waals surface area (Å²) in [5.41, 5.74) is 6.65. The van der Waals surface area contributed by atoms with Gasteiger partial charge in [0.1, 0.15) is 12.4 Å². The van der Waals surface area contributed by atoms with Crippen LogP contribution < -0.4 is 15.8 Å². The van der Waals surface area contributed by atoms with E-state index in [1.807, 2.05) is 0 Å². The van der Waals surface area contributed by atoms with Crippen LogP contribution in [0.15, 0.2) is 18.2 Å². The highest BCUT2D eigenvalue weighted by molar-refractivity contribution is 6.32. The van der Waals surface area contributed by atoms with Gasteiger partial charge in [0.25, 0.3) is 0 Å². The third-order valence-electron chi connectivity index (χ3n) is 3.82. The van der Waals surface area contributed by atoms with Crippen LogP contribution in [-0.4, -0.2) is 45.5 Å². The van der Waals surface area contributed by atoms with E-state index in [-0.39, 0.29) is 24.2 Å². The number of hydrogen-bond donors (Lipinski definition) is 2. The number of rotatable bonds is 7. The largest absolute Gasteiger partial charge is 0.490 e. The first-order valence-corrected chi connectivity index (χ1v) is 8.05. The van der Waals surface area contributed by atoms with E-state index in [9.17, 15) is 4.79 Å². The Labute approximate surface area is 153 Å². The van der Waals surface area contributed by atoms with Crippen LogP contribution in [0, 0.1) is 5.92 Å². The Morgan fingerprint density at radius 1 is 1.42 bits per heavy atom. The van der Waals surface area contributed by atoms with Crippen molar-refractivity contribution < 1.29 is 19.0 Å². The highest BCUT2D eigenvalue weighted by Gasteiger charge is 2.26. The zero-order chi connectivity index (χ0) is 16.7. The van der Waals surface area contributed by atoms with E-state index in [0.717, 1.165) is 12.8 Å². The molecular weight excluding hydrogens is 355 g/mol. The van der Waals surface area contributed by atoms with Crippen LogP contribution >= 0.6 is 24.0 Å². The molecule has 1 unspecified atom stereocenters. The van der Waals surface area contributed by atoms with E-state index in [1.165, 1.54) is 0 Å². The fraction of sp³-hybridized carbons (Fsp3) is 0.562. The first-order chi connectivity index (χ1) is 11.1.